The lowest BCUT2D eigenvalue weighted by Crippen LogP contribution is -2.22. The molecule has 2 aliphatic rings. The highest BCUT2D eigenvalue weighted by atomic mass is 19.1. The van der Waals surface area contributed by atoms with Crippen molar-refractivity contribution in [2.75, 3.05) is 0 Å². The normalized spacial score (nSPS) is 29.2. The number of carbonyl (C=O) groups is 1. The zero-order valence-electron chi connectivity index (χ0n) is 13.5. The minimum absolute atomic E-state index is 0.0800. The predicted octanol–water partition coefficient (Wildman–Crippen LogP) is 3.89. The molecule has 0 bridgehead atoms. The Bertz CT molecular complexity index is 781. The molecule has 126 valence electrons. The van der Waals surface area contributed by atoms with E-state index >= 15 is 0 Å². The van der Waals surface area contributed by atoms with Gasteiger partial charge in [0.05, 0.1) is 17.5 Å². The number of pyridine rings is 1. The fourth-order valence-electron chi connectivity index (χ4n) is 4.52. The van der Waals surface area contributed by atoms with E-state index < -0.39 is 5.97 Å². The lowest BCUT2D eigenvalue weighted by Gasteiger charge is -2.20. The predicted molar refractivity (Wildman–Crippen MR) is 87.2 cm³/mol. The van der Waals surface area contributed by atoms with Crippen LogP contribution in [0.25, 0.3) is 10.9 Å². The van der Waals surface area contributed by atoms with Gasteiger partial charge in [-0.15, -0.1) is 0 Å². The Labute approximate surface area is 139 Å². The number of benzene rings is 1. The first kappa shape index (κ1) is 15.4. The van der Waals surface area contributed by atoms with Gasteiger partial charge in [-0.3, -0.25) is 9.78 Å². The largest absolute Gasteiger partial charge is 0.490 e. The van der Waals surface area contributed by atoms with E-state index in [1.54, 1.807) is 18.3 Å². The van der Waals surface area contributed by atoms with Crippen molar-refractivity contribution in [2.24, 2.45) is 23.7 Å². The monoisotopic (exact) mass is 329 g/mol. The van der Waals surface area contributed by atoms with Crippen LogP contribution < -0.4 is 4.74 Å². The number of rotatable bonds is 5. The van der Waals surface area contributed by atoms with Gasteiger partial charge in [-0.1, -0.05) is 6.92 Å². The number of aromatic nitrogens is 1. The van der Waals surface area contributed by atoms with Crippen molar-refractivity contribution in [2.45, 2.75) is 32.3 Å². The van der Waals surface area contributed by atoms with E-state index in [4.69, 9.17) is 4.74 Å². The minimum Gasteiger partial charge on any atom is -0.490 e. The number of fused-ring (bicyclic) bond motifs is 2. The third-order valence-electron chi connectivity index (χ3n) is 5.65. The minimum atomic E-state index is -0.676. The molecular weight excluding hydrogens is 309 g/mol. The maximum Gasteiger partial charge on any atom is 0.306 e. The molecule has 1 N–H and O–H groups in total. The lowest BCUT2D eigenvalue weighted by molar-refractivity contribution is -0.143. The van der Waals surface area contributed by atoms with Crippen molar-refractivity contribution in [1.82, 2.24) is 4.98 Å². The van der Waals surface area contributed by atoms with Gasteiger partial charge in [0.2, 0.25) is 0 Å². The molecule has 0 spiro atoms. The zero-order valence-corrected chi connectivity index (χ0v) is 13.5. The molecule has 24 heavy (non-hydrogen) atoms. The summed E-state index contributed by atoms with van der Waals surface area (Å²) in [5, 5.41) is 10.00. The molecule has 1 aromatic carbocycles. The van der Waals surface area contributed by atoms with E-state index in [0.717, 1.165) is 12.8 Å². The molecule has 0 aliphatic heterocycles. The summed E-state index contributed by atoms with van der Waals surface area (Å²) in [6, 6.07) is 6.27. The van der Waals surface area contributed by atoms with Crippen LogP contribution >= 0.6 is 0 Å². The SMILES string of the molecule is CCC(C(=O)O)C1[C@H]2CC(Oc3ccnc4ccc(F)cc34)C[C@@H]12. The average Bonchev–Trinajstić information content (AvgIpc) is 3.02. The first-order chi connectivity index (χ1) is 11.6. The van der Waals surface area contributed by atoms with Crippen LogP contribution in [0.2, 0.25) is 0 Å². The van der Waals surface area contributed by atoms with Gasteiger partial charge >= 0.3 is 5.97 Å². The van der Waals surface area contributed by atoms with Crippen molar-refractivity contribution >= 4 is 16.9 Å². The number of nitrogens with zero attached hydrogens (tertiary/aromatic N) is 1. The Hall–Kier alpha value is -2.17. The van der Waals surface area contributed by atoms with Crippen LogP contribution in [0.1, 0.15) is 26.2 Å². The number of hydrogen-bond donors (Lipinski definition) is 1. The number of carboxylic acid groups (broad SMARTS) is 1. The molecular formula is C19H20FNO3. The molecule has 2 saturated carbocycles. The highest BCUT2D eigenvalue weighted by Gasteiger charge is 2.60. The van der Waals surface area contributed by atoms with Crippen LogP contribution in [0.15, 0.2) is 30.5 Å². The van der Waals surface area contributed by atoms with E-state index in [0.29, 0.717) is 40.8 Å². The number of carboxylic acids is 1. The Morgan fingerprint density at radius 2 is 2.12 bits per heavy atom. The number of hydrogen-bond acceptors (Lipinski definition) is 3. The summed E-state index contributed by atoms with van der Waals surface area (Å²) >= 11 is 0. The van der Waals surface area contributed by atoms with Crippen LogP contribution in [0.5, 0.6) is 5.75 Å². The van der Waals surface area contributed by atoms with Gasteiger partial charge < -0.3 is 9.84 Å². The molecule has 2 aliphatic carbocycles. The van der Waals surface area contributed by atoms with Crippen LogP contribution in [0, 0.1) is 29.5 Å². The first-order valence-electron chi connectivity index (χ1n) is 8.52. The maximum atomic E-state index is 13.5. The van der Waals surface area contributed by atoms with Gasteiger partial charge in [-0.05, 0) is 61.3 Å². The van der Waals surface area contributed by atoms with Crippen molar-refractivity contribution < 1.29 is 19.0 Å². The van der Waals surface area contributed by atoms with Gasteiger partial charge in [0.25, 0.3) is 0 Å². The maximum absolute atomic E-state index is 13.5. The van der Waals surface area contributed by atoms with Crippen LogP contribution in [-0.4, -0.2) is 22.2 Å². The second-order valence-corrected chi connectivity index (χ2v) is 6.94. The van der Waals surface area contributed by atoms with Crippen molar-refractivity contribution in [3.63, 3.8) is 0 Å². The van der Waals surface area contributed by atoms with E-state index in [9.17, 15) is 14.3 Å². The summed E-state index contributed by atoms with van der Waals surface area (Å²) in [5.41, 5.74) is 0.715. The molecule has 5 heteroatoms. The molecule has 0 radical (unpaired) electrons. The number of halogens is 1. The third-order valence-corrected chi connectivity index (χ3v) is 5.65. The lowest BCUT2D eigenvalue weighted by atomic mass is 9.94. The summed E-state index contributed by atoms with van der Waals surface area (Å²) in [7, 11) is 0. The van der Waals surface area contributed by atoms with Crippen LogP contribution in [0.4, 0.5) is 4.39 Å². The summed E-state index contributed by atoms with van der Waals surface area (Å²) in [5.74, 6) is 0.678. The van der Waals surface area contributed by atoms with Gasteiger partial charge in [0.15, 0.2) is 0 Å². The molecule has 1 aromatic heterocycles. The standard InChI is InChI=1S/C19H20FNO3/c1-2-12(19(22)23)18-13-8-11(9-14(13)18)24-17-5-6-21-16-4-3-10(20)7-15(16)17/h3-7,11-14,18H,2,8-9H2,1H3,(H,22,23)/t11?,12?,13-,14+,18?. The Morgan fingerprint density at radius 1 is 1.38 bits per heavy atom. The van der Waals surface area contributed by atoms with E-state index in [1.807, 2.05) is 6.92 Å². The molecule has 0 saturated heterocycles. The quantitative estimate of drug-likeness (QED) is 0.904. The summed E-state index contributed by atoms with van der Waals surface area (Å²) in [4.78, 5) is 15.6. The molecule has 4 nitrogen and oxygen atoms in total. The van der Waals surface area contributed by atoms with Crippen LogP contribution in [0.3, 0.4) is 0 Å². The first-order valence-corrected chi connectivity index (χ1v) is 8.52. The molecule has 2 fully saturated rings. The highest BCUT2D eigenvalue weighted by Crippen LogP contribution is 2.61. The Balaban J connectivity index is 1.46. The van der Waals surface area contributed by atoms with Gasteiger partial charge in [-0.2, -0.15) is 0 Å². The van der Waals surface area contributed by atoms with Crippen molar-refractivity contribution in [3.8, 4) is 5.75 Å². The zero-order chi connectivity index (χ0) is 16.8. The van der Waals surface area contributed by atoms with E-state index in [1.165, 1.54) is 12.1 Å². The van der Waals surface area contributed by atoms with Crippen LogP contribution in [-0.2, 0) is 4.79 Å². The van der Waals surface area contributed by atoms with Gasteiger partial charge in [0, 0.05) is 11.6 Å². The molecule has 0 amide bonds. The molecule has 4 rings (SSSR count). The topological polar surface area (TPSA) is 59.4 Å². The molecule has 2 aromatic rings. The summed E-state index contributed by atoms with van der Waals surface area (Å²) < 4.78 is 19.6. The summed E-state index contributed by atoms with van der Waals surface area (Å²) in [6.45, 7) is 1.94. The van der Waals surface area contributed by atoms with E-state index in [-0.39, 0.29) is 17.8 Å². The van der Waals surface area contributed by atoms with Crippen molar-refractivity contribution in [3.05, 3.63) is 36.3 Å². The van der Waals surface area contributed by atoms with E-state index in [2.05, 4.69) is 4.98 Å². The Morgan fingerprint density at radius 3 is 2.79 bits per heavy atom. The molecule has 5 atom stereocenters. The number of ether oxygens (including phenoxy) is 1. The van der Waals surface area contributed by atoms with Crippen molar-refractivity contribution in [1.29, 1.82) is 0 Å². The molecule has 3 unspecified atom stereocenters. The fourth-order valence-corrected chi connectivity index (χ4v) is 4.52. The highest BCUT2D eigenvalue weighted by molar-refractivity contribution is 5.84. The second-order valence-electron chi connectivity index (χ2n) is 6.94. The fraction of sp³-hybridized carbons (Fsp3) is 0.474. The third kappa shape index (κ3) is 2.52. The average molecular weight is 329 g/mol. The molecule has 1 heterocycles. The summed E-state index contributed by atoms with van der Waals surface area (Å²) in [6.07, 6.45) is 4.21. The Kier molecular flexibility index (Phi) is 3.66. The second kappa shape index (κ2) is 5.72. The van der Waals surface area contributed by atoms with Gasteiger partial charge in [0.1, 0.15) is 11.6 Å². The smallest absolute Gasteiger partial charge is 0.306 e. The van der Waals surface area contributed by atoms with Gasteiger partial charge in [-0.25, -0.2) is 4.39 Å². The number of aliphatic carboxylic acids is 1.